The summed E-state index contributed by atoms with van der Waals surface area (Å²) in [6.45, 7) is 5.78. The molecule has 3 aromatic rings. The monoisotopic (exact) mass is 393 g/mol. The zero-order valence-corrected chi connectivity index (χ0v) is 17.5. The van der Waals surface area contributed by atoms with Crippen molar-refractivity contribution in [3.05, 3.63) is 69.1 Å². The van der Waals surface area contributed by atoms with Gasteiger partial charge in [-0.2, -0.15) is 0 Å². The number of methoxy groups -OCH3 is 2. The highest BCUT2D eigenvalue weighted by atomic mass is 16.5. The van der Waals surface area contributed by atoms with Crippen LogP contribution < -0.4 is 15.1 Å². The molecule has 2 heterocycles. The number of benzene rings is 2. The summed E-state index contributed by atoms with van der Waals surface area (Å²) >= 11 is 0. The van der Waals surface area contributed by atoms with Crippen LogP contribution in [0.3, 0.4) is 0 Å². The third kappa shape index (κ3) is 3.75. The number of likely N-dealkylation sites (tertiary alicyclic amines) is 1. The molecule has 5 nitrogen and oxygen atoms in total. The molecule has 1 aliphatic heterocycles. The Labute approximate surface area is 170 Å². The van der Waals surface area contributed by atoms with E-state index >= 15 is 0 Å². The van der Waals surface area contributed by atoms with Crippen molar-refractivity contribution in [1.29, 1.82) is 0 Å². The molecule has 1 aromatic heterocycles. The van der Waals surface area contributed by atoms with E-state index in [0.29, 0.717) is 12.1 Å². The quantitative estimate of drug-likeness (QED) is 0.585. The number of fused-ring (bicyclic) bond motifs is 1. The largest absolute Gasteiger partial charge is 0.497 e. The van der Waals surface area contributed by atoms with Gasteiger partial charge in [0.2, 0.25) is 0 Å². The van der Waals surface area contributed by atoms with E-state index in [1.54, 1.807) is 20.3 Å². The predicted molar refractivity (Wildman–Crippen MR) is 114 cm³/mol. The van der Waals surface area contributed by atoms with E-state index in [1.807, 2.05) is 25.1 Å². The summed E-state index contributed by atoms with van der Waals surface area (Å²) in [5.41, 5.74) is 4.81. The highest BCUT2D eigenvalue weighted by Gasteiger charge is 2.29. The molecule has 0 saturated carbocycles. The number of nitrogens with zero attached hydrogens (tertiary/aromatic N) is 1. The van der Waals surface area contributed by atoms with Gasteiger partial charge in [-0.1, -0.05) is 0 Å². The first-order valence-electron chi connectivity index (χ1n) is 10.00. The minimum atomic E-state index is -0.300. The van der Waals surface area contributed by atoms with Crippen molar-refractivity contribution in [3.8, 4) is 11.5 Å². The minimum absolute atomic E-state index is 0.217. The Kier molecular flexibility index (Phi) is 5.33. The summed E-state index contributed by atoms with van der Waals surface area (Å²) in [4.78, 5) is 14.6. The molecule has 0 N–H and O–H groups in total. The molecule has 4 rings (SSSR count). The predicted octanol–water partition coefficient (Wildman–Crippen LogP) is 4.76. The van der Waals surface area contributed by atoms with Crippen LogP contribution in [0.1, 0.15) is 41.1 Å². The molecular formula is C24H27NO4. The fourth-order valence-electron chi connectivity index (χ4n) is 4.30. The van der Waals surface area contributed by atoms with Crippen LogP contribution in [0.5, 0.6) is 11.5 Å². The van der Waals surface area contributed by atoms with Crippen LogP contribution in [0.15, 0.2) is 45.6 Å². The third-order valence-electron chi connectivity index (χ3n) is 5.98. The van der Waals surface area contributed by atoms with Crippen molar-refractivity contribution in [2.75, 3.05) is 20.8 Å². The van der Waals surface area contributed by atoms with E-state index in [0.717, 1.165) is 53.0 Å². The number of hydrogen-bond acceptors (Lipinski definition) is 5. The van der Waals surface area contributed by atoms with E-state index in [1.165, 1.54) is 5.56 Å². The molecule has 29 heavy (non-hydrogen) atoms. The van der Waals surface area contributed by atoms with Crippen LogP contribution in [0, 0.1) is 13.8 Å². The van der Waals surface area contributed by atoms with E-state index in [2.05, 4.69) is 24.0 Å². The van der Waals surface area contributed by atoms with Gasteiger partial charge in [-0.05, 0) is 80.3 Å². The summed E-state index contributed by atoms with van der Waals surface area (Å²) in [5, 5.41) is 1.01. The Morgan fingerprint density at radius 2 is 1.86 bits per heavy atom. The average Bonchev–Trinajstić information content (AvgIpc) is 3.17. The first-order chi connectivity index (χ1) is 14.0. The van der Waals surface area contributed by atoms with Gasteiger partial charge in [0.15, 0.2) is 0 Å². The summed E-state index contributed by atoms with van der Waals surface area (Å²) < 4.78 is 16.5. The van der Waals surface area contributed by atoms with Gasteiger partial charge in [-0.3, -0.25) is 4.90 Å². The molecule has 0 bridgehead atoms. The van der Waals surface area contributed by atoms with Crippen molar-refractivity contribution < 1.29 is 13.9 Å². The van der Waals surface area contributed by atoms with Gasteiger partial charge in [0.05, 0.1) is 14.2 Å². The smallest absolute Gasteiger partial charge is 0.336 e. The SMILES string of the molecule is COc1ccc(OC)c([C@H]2CCCN2Cc2cc(=O)oc3cc(C)c(C)cc23)c1. The maximum Gasteiger partial charge on any atom is 0.336 e. The molecule has 0 spiro atoms. The van der Waals surface area contributed by atoms with E-state index in [4.69, 9.17) is 13.9 Å². The lowest BCUT2D eigenvalue weighted by Gasteiger charge is -2.27. The lowest BCUT2D eigenvalue weighted by Crippen LogP contribution is -2.24. The normalized spacial score (nSPS) is 17.0. The van der Waals surface area contributed by atoms with Crippen LogP contribution in [-0.4, -0.2) is 25.7 Å². The summed E-state index contributed by atoms with van der Waals surface area (Å²) in [6.07, 6.45) is 2.14. The fourth-order valence-corrected chi connectivity index (χ4v) is 4.30. The van der Waals surface area contributed by atoms with Gasteiger partial charge in [0, 0.05) is 29.6 Å². The lowest BCUT2D eigenvalue weighted by atomic mass is 10.0. The second-order valence-corrected chi connectivity index (χ2v) is 7.76. The Morgan fingerprint density at radius 3 is 2.62 bits per heavy atom. The molecule has 2 aromatic carbocycles. The summed E-state index contributed by atoms with van der Waals surface area (Å²) in [5.74, 6) is 1.69. The third-order valence-corrected chi connectivity index (χ3v) is 5.98. The Hall–Kier alpha value is -2.79. The molecule has 0 aliphatic carbocycles. The van der Waals surface area contributed by atoms with Crippen molar-refractivity contribution in [2.24, 2.45) is 0 Å². The van der Waals surface area contributed by atoms with Crippen molar-refractivity contribution in [1.82, 2.24) is 4.90 Å². The molecule has 1 aliphatic rings. The molecule has 0 amide bonds. The molecular weight excluding hydrogens is 366 g/mol. The second-order valence-electron chi connectivity index (χ2n) is 7.76. The molecule has 0 radical (unpaired) electrons. The topological polar surface area (TPSA) is 51.9 Å². The number of ether oxygens (including phenoxy) is 2. The van der Waals surface area contributed by atoms with Crippen LogP contribution in [0.4, 0.5) is 0 Å². The average molecular weight is 393 g/mol. The maximum atomic E-state index is 12.2. The highest BCUT2D eigenvalue weighted by Crippen LogP contribution is 2.40. The Bertz CT molecular complexity index is 1100. The van der Waals surface area contributed by atoms with E-state index < -0.39 is 0 Å². The van der Waals surface area contributed by atoms with Crippen molar-refractivity contribution >= 4 is 11.0 Å². The zero-order valence-electron chi connectivity index (χ0n) is 17.5. The summed E-state index contributed by atoms with van der Waals surface area (Å²) in [7, 11) is 3.38. The van der Waals surface area contributed by atoms with E-state index in [9.17, 15) is 4.79 Å². The van der Waals surface area contributed by atoms with Gasteiger partial charge in [-0.25, -0.2) is 4.79 Å². The number of aryl methyl sites for hydroxylation is 2. The van der Waals surface area contributed by atoms with Crippen molar-refractivity contribution in [2.45, 2.75) is 39.3 Å². The first-order valence-corrected chi connectivity index (χ1v) is 10.00. The minimum Gasteiger partial charge on any atom is -0.497 e. The lowest BCUT2D eigenvalue weighted by molar-refractivity contribution is 0.243. The molecule has 1 saturated heterocycles. The number of rotatable bonds is 5. The number of hydrogen-bond donors (Lipinski definition) is 0. The van der Waals surface area contributed by atoms with Crippen LogP contribution in [-0.2, 0) is 6.54 Å². The highest BCUT2D eigenvalue weighted by molar-refractivity contribution is 5.81. The van der Waals surface area contributed by atoms with Gasteiger partial charge in [-0.15, -0.1) is 0 Å². The molecule has 5 heteroatoms. The standard InChI is InChI=1S/C24H27NO4/c1-15-10-19-17(12-24(26)29-23(19)11-16(15)2)14-25-9-5-6-21(25)20-13-18(27-3)7-8-22(20)28-4/h7-8,10-13,21H,5-6,9,14H2,1-4H3/t21-/m1/s1. The summed E-state index contributed by atoms with van der Waals surface area (Å²) in [6, 6.07) is 11.9. The molecule has 1 atom stereocenters. The van der Waals surface area contributed by atoms with Crippen LogP contribution in [0.2, 0.25) is 0 Å². The molecule has 152 valence electrons. The molecule has 1 fully saturated rings. The van der Waals surface area contributed by atoms with Crippen LogP contribution in [0.25, 0.3) is 11.0 Å². The Morgan fingerprint density at radius 1 is 1.07 bits per heavy atom. The second kappa shape index (κ2) is 7.91. The van der Waals surface area contributed by atoms with E-state index in [-0.39, 0.29) is 11.7 Å². The van der Waals surface area contributed by atoms with Crippen molar-refractivity contribution in [3.63, 3.8) is 0 Å². The van der Waals surface area contributed by atoms with Gasteiger partial charge >= 0.3 is 5.63 Å². The van der Waals surface area contributed by atoms with Gasteiger partial charge in [0.25, 0.3) is 0 Å². The first kappa shape index (κ1) is 19.5. The fraction of sp³-hybridized carbons (Fsp3) is 0.375. The van der Waals surface area contributed by atoms with Gasteiger partial charge < -0.3 is 13.9 Å². The Balaban J connectivity index is 1.73. The van der Waals surface area contributed by atoms with Crippen LogP contribution >= 0.6 is 0 Å². The zero-order chi connectivity index (χ0) is 20.5. The van der Waals surface area contributed by atoms with Gasteiger partial charge in [0.1, 0.15) is 17.1 Å². The molecule has 0 unspecified atom stereocenters. The maximum absolute atomic E-state index is 12.2.